The summed E-state index contributed by atoms with van der Waals surface area (Å²) in [6, 6.07) is 3.54. The number of fused-ring (bicyclic) bond motifs is 1. The predicted molar refractivity (Wildman–Crippen MR) is 73.3 cm³/mol. The van der Waals surface area contributed by atoms with Gasteiger partial charge >= 0.3 is 11.0 Å². The number of anilines is 1. The first-order valence-electron chi connectivity index (χ1n) is 5.76. The van der Waals surface area contributed by atoms with Crippen LogP contribution in [-0.4, -0.2) is 32.8 Å². The second-order valence-corrected chi connectivity index (χ2v) is 5.24. The SMILES string of the molecule is O=C(O)c1ccc2c(c1)C(=O)N(c1ncc([N+](=O)[O-])s1)C2=O. The van der Waals surface area contributed by atoms with Crippen molar-refractivity contribution < 1.29 is 24.4 Å². The van der Waals surface area contributed by atoms with Gasteiger partial charge in [0.1, 0.15) is 6.20 Å². The third-order valence-electron chi connectivity index (χ3n) is 2.99. The third-order valence-corrected chi connectivity index (χ3v) is 3.92. The van der Waals surface area contributed by atoms with Crippen LogP contribution in [0.3, 0.4) is 0 Å². The molecule has 1 aromatic carbocycles. The van der Waals surface area contributed by atoms with Crippen molar-refractivity contribution in [1.82, 2.24) is 4.98 Å². The first kappa shape index (κ1) is 13.8. The van der Waals surface area contributed by atoms with Crippen LogP contribution in [0.4, 0.5) is 10.1 Å². The number of rotatable bonds is 3. The number of carbonyl (C=O) groups excluding carboxylic acids is 2. The normalized spacial score (nSPS) is 13.4. The minimum atomic E-state index is -1.23. The smallest absolute Gasteiger partial charge is 0.345 e. The maximum atomic E-state index is 12.3. The van der Waals surface area contributed by atoms with Crippen LogP contribution in [0, 0.1) is 10.1 Å². The molecule has 9 nitrogen and oxygen atoms in total. The fourth-order valence-corrected chi connectivity index (χ4v) is 2.72. The molecule has 0 saturated heterocycles. The van der Waals surface area contributed by atoms with Crippen LogP contribution < -0.4 is 4.90 Å². The van der Waals surface area contributed by atoms with E-state index in [2.05, 4.69) is 4.98 Å². The largest absolute Gasteiger partial charge is 0.478 e. The molecule has 1 aliphatic rings. The highest BCUT2D eigenvalue weighted by Crippen LogP contribution is 2.34. The summed E-state index contributed by atoms with van der Waals surface area (Å²) in [5, 5.41) is 19.1. The van der Waals surface area contributed by atoms with Gasteiger partial charge in [0.2, 0.25) is 5.13 Å². The van der Waals surface area contributed by atoms with E-state index in [4.69, 9.17) is 5.11 Å². The van der Waals surface area contributed by atoms with Crippen LogP contribution >= 0.6 is 11.3 Å². The Balaban J connectivity index is 2.05. The Morgan fingerprint density at radius 1 is 1.27 bits per heavy atom. The number of nitro groups is 1. The Morgan fingerprint density at radius 2 is 1.95 bits per heavy atom. The number of aromatic nitrogens is 1. The van der Waals surface area contributed by atoms with Gasteiger partial charge in [-0.2, -0.15) is 0 Å². The molecule has 22 heavy (non-hydrogen) atoms. The van der Waals surface area contributed by atoms with Crippen LogP contribution in [0.25, 0.3) is 0 Å². The van der Waals surface area contributed by atoms with E-state index in [-0.39, 0.29) is 26.8 Å². The summed E-state index contributed by atoms with van der Waals surface area (Å²) in [4.78, 5) is 49.8. The second kappa shape index (κ2) is 4.70. The van der Waals surface area contributed by atoms with Gasteiger partial charge in [0.05, 0.1) is 21.6 Å². The summed E-state index contributed by atoms with van der Waals surface area (Å²) >= 11 is 0.585. The van der Waals surface area contributed by atoms with Gasteiger partial charge in [0, 0.05) is 0 Å². The number of carboxylic acids is 1. The zero-order valence-electron chi connectivity index (χ0n) is 10.5. The lowest BCUT2D eigenvalue weighted by Gasteiger charge is -2.07. The van der Waals surface area contributed by atoms with E-state index in [9.17, 15) is 24.5 Å². The van der Waals surface area contributed by atoms with Crippen molar-refractivity contribution in [3.05, 3.63) is 51.2 Å². The zero-order valence-corrected chi connectivity index (χ0v) is 11.4. The molecule has 10 heteroatoms. The van der Waals surface area contributed by atoms with Crippen LogP contribution in [0.2, 0.25) is 0 Å². The van der Waals surface area contributed by atoms with Crippen LogP contribution in [0.5, 0.6) is 0 Å². The number of aromatic carboxylic acids is 1. The summed E-state index contributed by atoms with van der Waals surface area (Å²) in [5.41, 5.74) is -0.164. The Kier molecular flexibility index (Phi) is 2.95. The average Bonchev–Trinajstić information content (AvgIpc) is 3.04. The molecule has 2 amide bonds. The monoisotopic (exact) mass is 319 g/mol. The molecular formula is C12H5N3O6S. The van der Waals surface area contributed by atoms with Crippen molar-refractivity contribution in [3.8, 4) is 0 Å². The van der Waals surface area contributed by atoms with Crippen LogP contribution in [0.1, 0.15) is 31.1 Å². The van der Waals surface area contributed by atoms with E-state index in [0.29, 0.717) is 16.2 Å². The molecule has 1 aliphatic heterocycles. The lowest BCUT2D eigenvalue weighted by Crippen LogP contribution is -2.29. The molecule has 110 valence electrons. The fourth-order valence-electron chi connectivity index (χ4n) is 1.99. The molecule has 2 aromatic rings. The standard InChI is InChI=1S/C12H5N3O6S/c16-9-6-2-1-5(11(18)19)3-7(6)10(17)14(9)12-13-4-8(22-12)15(20)21/h1-4H,(H,18,19). The van der Waals surface area contributed by atoms with Gasteiger partial charge in [-0.25, -0.2) is 14.7 Å². The van der Waals surface area contributed by atoms with Gasteiger partial charge in [0.15, 0.2) is 0 Å². The number of carboxylic acid groups (broad SMARTS) is 1. The predicted octanol–water partition coefficient (Wildman–Crippen LogP) is 1.55. The average molecular weight is 319 g/mol. The zero-order chi connectivity index (χ0) is 16.0. The summed E-state index contributed by atoms with van der Waals surface area (Å²) in [6.07, 6.45) is 0.951. The Hall–Kier alpha value is -3.14. The number of carbonyl (C=O) groups is 3. The molecule has 0 fully saturated rings. The van der Waals surface area contributed by atoms with Crippen molar-refractivity contribution >= 4 is 39.3 Å². The molecule has 0 saturated carbocycles. The Bertz CT molecular complexity index is 858. The van der Waals surface area contributed by atoms with E-state index in [0.717, 1.165) is 12.3 Å². The molecule has 1 aromatic heterocycles. The second-order valence-electron chi connectivity index (χ2n) is 4.25. The van der Waals surface area contributed by atoms with E-state index in [1.807, 2.05) is 0 Å². The highest BCUT2D eigenvalue weighted by atomic mass is 32.1. The topological polar surface area (TPSA) is 131 Å². The molecule has 0 aliphatic carbocycles. The van der Waals surface area contributed by atoms with Crippen molar-refractivity contribution in [2.45, 2.75) is 0 Å². The molecule has 0 bridgehead atoms. The summed E-state index contributed by atoms with van der Waals surface area (Å²) in [5.74, 6) is -2.68. The molecule has 3 rings (SSSR count). The molecule has 0 radical (unpaired) electrons. The van der Waals surface area contributed by atoms with Gasteiger partial charge in [0.25, 0.3) is 11.8 Å². The number of hydrogen-bond donors (Lipinski definition) is 1. The first-order chi connectivity index (χ1) is 10.4. The first-order valence-corrected chi connectivity index (χ1v) is 6.58. The highest BCUT2D eigenvalue weighted by molar-refractivity contribution is 7.19. The highest BCUT2D eigenvalue weighted by Gasteiger charge is 2.39. The summed E-state index contributed by atoms with van der Waals surface area (Å²) < 4.78 is 0. The molecule has 1 N–H and O–H groups in total. The molecule has 2 heterocycles. The quantitative estimate of drug-likeness (QED) is 0.515. The van der Waals surface area contributed by atoms with E-state index < -0.39 is 22.7 Å². The fraction of sp³-hybridized carbons (Fsp3) is 0. The van der Waals surface area contributed by atoms with Gasteiger partial charge in [-0.15, -0.1) is 0 Å². The number of nitrogens with zero attached hydrogens (tertiary/aromatic N) is 3. The van der Waals surface area contributed by atoms with Crippen LogP contribution in [-0.2, 0) is 0 Å². The van der Waals surface area contributed by atoms with Crippen molar-refractivity contribution in [2.24, 2.45) is 0 Å². The maximum Gasteiger partial charge on any atom is 0.345 e. The van der Waals surface area contributed by atoms with Gasteiger partial charge in [-0.1, -0.05) is 0 Å². The molecule has 0 atom stereocenters. The van der Waals surface area contributed by atoms with Gasteiger partial charge in [-0.3, -0.25) is 19.7 Å². The third kappa shape index (κ3) is 1.93. The van der Waals surface area contributed by atoms with E-state index in [1.165, 1.54) is 12.1 Å². The van der Waals surface area contributed by atoms with Crippen molar-refractivity contribution in [2.75, 3.05) is 4.90 Å². The molecule has 0 unspecified atom stereocenters. The summed E-state index contributed by atoms with van der Waals surface area (Å²) in [6.45, 7) is 0. The number of benzene rings is 1. The minimum Gasteiger partial charge on any atom is -0.478 e. The Morgan fingerprint density at radius 3 is 2.55 bits per heavy atom. The number of hydrogen-bond acceptors (Lipinski definition) is 7. The molecular weight excluding hydrogens is 314 g/mol. The lowest BCUT2D eigenvalue weighted by molar-refractivity contribution is -0.380. The molecule has 0 spiro atoms. The van der Waals surface area contributed by atoms with Crippen molar-refractivity contribution in [3.63, 3.8) is 0 Å². The van der Waals surface area contributed by atoms with E-state index in [1.54, 1.807) is 0 Å². The summed E-state index contributed by atoms with van der Waals surface area (Å²) in [7, 11) is 0. The number of amides is 2. The van der Waals surface area contributed by atoms with Gasteiger partial charge in [-0.05, 0) is 29.5 Å². The van der Waals surface area contributed by atoms with Crippen molar-refractivity contribution in [1.29, 1.82) is 0 Å². The maximum absolute atomic E-state index is 12.3. The Labute approximate surface area is 125 Å². The number of thiazole rings is 1. The van der Waals surface area contributed by atoms with E-state index >= 15 is 0 Å². The number of imide groups is 1. The van der Waals surface area contributed by atoms with Crippen LogP contribution in [0.15, 0.2) is 24.4 Å². The minimum absolute atomic E-state index is 0.0350. The van der Waals surface area contributed by atoms with Gasteiger partial charge < -0.3 is 5.11 Å². The lowest BCUT2D eigenvalue weighted by atomic mass is 10.1.